The Bertz CT molecular complexity index is 556. The molecule has 0 aliphatic carbocycles. The minimum Gasteiger partial charge on any atom is -0.512 e. The summed E-state index contributed by atoms with van der Waals surface area (Å²) >= 11 is 0. The predicted molar refractivity (Wildman–Crippen MR) is 97.9 cm³/mol. The Labute approximate surface area is 150 Å². The lowest BCUT2D eigenvalue weighted by Crippen LogP contribution is -2.40. The van der Waals surface area contributed by atoms with Crippen LogP contribution < -0.4 is 0 Å². The molecule has 1 fully saturated rings. The van der Waals surface area contributed by atoms with Gasteiger partial charge in [-0.25, -0.2) is 0 Å². The molecule has 1 aliphatic rings. The Morgan fingerprint density at radius 2 is 1.84 bits per heavy atom. The van der Waals surface area contributed by atoms with Crippen molar-refractivity contribution in [3.63, 3.8) is 0 Å². The van der Waals surface area contributed by atoms with E-state index in [4.69, 9.17) is 0 Å². The van der Waals surface area contributed by atoms with Crippen LogP contribution in [0.15, 0.2) is 23.5 Å². The molecule has 1 heterocycles. The molecule has 2 amide bonds. The first-order valence-electron chi connectivity index (χ1n) is 9.29. The van der Waals surface area contributed by atoms with Gasteiger partial charge in [-0.3, -0.25) is 19.3 Å². The molecule has 0 spiro atoms. The summed E-state index contributed by atoms with van der Waals surface area (Å²) in [4.78, 5) is 38.3. The molecule has 1 atom stereocenters. The molecule has 5 heteroatoms. The molecule has 0 aromatic carbocycles. The van der Waals surface area contributed by atoms with Crippen molar-refractivity contribution in [2.24, 2.45) is 5.92 Å². The van der Waals surface area contributed by atoms with Crippen LogP contribution in [0.5, 0.6) is 0 Å². The third-order valence-electron chi connectivity index (χ3n) is 4.32. The molecule has 0 radical (unpaired) electrons. The van der Waals surface area contributed by atoms with Crippen molar-refractivity contribution in [2.45, 2.75) is 78.7 Å². The van der Waals surface area contributed by atoms with E-state index in [-0.39, 0.29) is 17.3 Å². The van der Waals surface area contributed by atoms with E-state index in [0.717, 1.165) is 24.2 Å². The number of unbranched alkanes of at least 4 members (excludes halogenated alkanes) is 5. The summed E-state index contributed by atoms with van der Waals surface area (Å²) in [7, 11) is 0. The number of rotatable bonds is 9. The number of carbonyl (C=O) groups is 3. The SMILES string of the molecule is CCCCCCC/C=C/C(=O)N1C(=O)/C(=C(/C)O)C(=O)C1CC(C)C. The topological polar surface area (TPSA) is 74.7 Å². The van der Waals surface area contributed by atoms with Gasteiger partial charge in [0.1, 0.15) is 17.4 Å². The van der Waals surface area contributed by atoms with Crippen molar-refractivity contribution in [3.8, 4) is 0 Å². The van der Waals surface area contributed by atoms with Crippen LogP contribution in [0.2, 0.25) is 0 Å². The van der Waals surface area contributed by atoms with Crippen molar-refractivity contribution in [2.75, 3.05) is 0 Å². The Hall–Kier alpha value is -1.91. The van der Waals surface area contributed by atoms with E-state index < -0.39 is 23.6 Å². The number of carbonyl (C=O) groups excluding carboxylic acids is 3. The number of allylic oxidation sites excluding steroid dienone is 2. The van der Waals surface area contributed by atoms with Crippen LogP contribution in [0.3, 0.4) is 0 Å². The number of amides is 2. The molecule has 0 aromatic heterocycles. The highest BCUT2D eigenvalue weighted by atomic mass is 16.3. The van der Waals surface area contributed by atoms with E-state index in [2.05, 4.69) is 6.92 Å². The van der Waals surface area contributed by atoms with Gasteiger partial charge in [0.05, 0.1) is 0 Å². The number of Topliss-reactive ketones (excluding diaryl/α,β-unsaturated/α-hetero) is 1. The van der Waals surface area contributed by atoms with Crippen LogP contribution in [0.1, 0.15) is 72.6 Å². The fraction of sp³-hybridized carbons (Fsp3) is 0.650. The summed E-state index contributed by atoms with van der Waals surface area (Å²) in [5, 5.41) is 9.64. The van der Waals surface area contributed by atoms with E-state index in [1.807, 2.05) is 13.8 Å². The summed E-state index contributed by atoms with van der Waals surface area (Å²) in [5.74, 6) is -1.79. The minimum atomic E-state index is -0.814. The Balaban J connectivity index is 2.77. The van der Waals surface area contributed by atoms with Crippen LogP contribution in [0, 0.1) is 5.92 Å². The number of hydrogen-bond donors (Lipinski definition) is 1. The molecule has 1 unspecified atom stereocenters. The molecule has 140 valence electrons. The molecule has 1 rings (SSSR count). The molecule has 0 saturated carbocycles. The van der Waals surface area contributed by atoms with Crippen LogP contribution in [-0.4, -0.2) is 33.6 Å². The molecule has 0 aromatic rings. The molecule has 5 nitrogen and oxygen atoms in total. The lowest BCUT2D eigenvalue weighted by Gasteiger charge is -2.21. The van der Waals surface area contributed by atoms with Gasteiger partial charge in [0, 0.05) is 0 Å². The van der Waals surface area contributed by atoms with E-state index in [9.17, 15) is 19.5 Å². The van der Waals surface area contributed by atoms with Crippen molar-refractivity contribution < 1.29 is 19.5 Å². The molecular formula is C20H31NO4. The third kappa shape index (κ3) is 5.83. The first-order valence-corrected chi connectivity index (χ1v) is 9.29. The zero-order valence-electron chi connectivity index (χ0n) is 15.9. The first-order chi connectivity index (χ1) is 11.8. The number of aliphatic hydroxyl groups is 1. The van der Waals surface area contributed by atoms with E-state index in [1.54, 1.807) is 6.08 Å². The van der Waals surface area contributed by atoms with Gasteiger partial charge in [0.2, 0.25) is 0 Å². The fourth-order valence-electron chi connectivity index (χ4n) is 3.03. The third-order valence-corrected chi connectivity index (χ3v) is 4.32. The number of hydrogen-bond acceptors (Lipinski definition) is 4. The van der Waals surface area contributed by atoms with Crippen LogP contribution >= 0.6 is 0 Å². The summed E-state index contributed by atoms with van der Waals surface area (Å²) in [5.41, 5.74) is -0.257. The molecular weight excluding hydrogens is 318 g/mol. The first kappa shape index (κ1) is 21.1. The minimum absolute atomic E-state index is 0.151. The van der Waals surface area contributed by atoms with Gasteiger partial charge in [0.15, 0.2) is 5.78 Å². The van der Waals surface area contributed by atoms with Gasteiger partial charge in [-0.2, -0.15) is 0 Å². The quantitative estimate of drug-likeness (QED) is 0.294. The number of nitrogens with zero attached hydrogens (tertiary/aromatic N) is 1. The van der Waals surface area contributed by atoms with E-state index in [1.165, 1.54) is 32.3 Å². The maximum absolute atomic E-state index is 12.5. The zero-order valence-corrected chi connectivity index (χ0v) is 15.9. The predicted octanol–water partition coefficient (Wildman–Crippen LogP) is 4.09. The molecule has 1 saturated heterocycles. The summed E-state index contributed by atoms with van der Waals surface area (Å²) in [6.07, 6.45) is 10.1. The second kappa shape index (κ2) is 10.2. The lowest BCUT2D eigenvalue weighted by atomic mass is 9.99. The molecule has 1 N–H and O–H groups in total. The average molecular weight is 349 g/mol. The highest BCUT2D eigenvalue weighted by Gasteiger charge is 2.47. The van der Waals surface area contributed by atoms with Crippen molar-refractivity contribution in [1.82, 2.24) is 4.90 Å². The second-order valence-corrected chi connectivity index (χ2v) is 7.09. The highest BCUT2D eigenvalue weighted by Crippen LogP contribution is 2.27. The molecule has 0 bridgehead atoms. The highest BCUT2D eigenvalue weighted by molar-refractivity contribution is 6.31. The fourth-order valence-corrected chi connectivity index (χ4v) is 3.03. The maximum Gasteiger partial charge on any atom is 0.268 e. The van der Waals surface area contributed by atoms with E-state index >= 15 is 0 Å². The van der Waals surface area contributed by atoms with Crippen molar-refractivity contribution >= 4 is 17.6 Å². The smallest absolute Gasteiger partial charge is 0.268 e. The Morgan fingerprint density at radius 1 is 1.20 bits per heavy atom. The van der Waals surface area contributed by atoms with Gasteiger partial charge in [-0.1, -0.05) is 52.5 Å². The molecule has 25 heavy (non-hydrogen) atoms. The van der Waals surface area contributed by atoms with Crippen LogP contribution in [0.25, 0.3) is 0 Å². The Kier molecular flexibility index (Phi) is 8.59. The zero-order chi connectivity index (χ0) is 19.0. The summed E-state index contributed by atoms with van der Waals surface area (Å²) < 4.78 is 0. The molecule has 1 aliphatic heterocycles. The van der Waals surface area contributed by atoms with Crippen molar-refractivity contribution in [3.05, 3.63) is 23.5 Å². The summed E-state index contributed by atoms with van der Waals surface area (Å²) in [6.45, 7) is 7.33. The largest absolute Gasteiger partial charge is 0.512 e. The maximum atomic E-state index is 12.5. The van der Waals surface area contributed by atoms with Crippen LogP contribution in [0.4, 0.5) is 0 Å². The average Bonchev–Trinajstić information content (AvgIpc) is 2.76. The van der Waals surface area contributed by atoms with Crippen molar-refractivity contribution in [1.29, 1.82) is 0 Å². The van der Waals surface area contributed by atoms with Gasteiger partial charge in [-0.05, 0) is 38.2 Å². The summed E-state index contributed by atoms with van der Waals surface area (Å²) in [6, 6.07) is -0.814. The lowest BCUT2D eigenvalue weighted by molar-refractivity contribution is -0.141. The standard InChI is InChI=1S/C20H31NO4/c1-5-6-7-8-9-10-11-12-17(23)21-16(13-14(2)3)19(24)18(15(4)22)20(21)25/h11-12,14,16,22H,5-10,13H2,1-4H3/b12-11+,18-15-. The number of aliphatic hydroxyl groups excluding tert-OH is 1. The second-order valence-electron chi connectivity index (χ2n) is 7.09. The van der Waals surface area contributed by atoms with Gasteiger partial charge in [-0.15, -0.1) is 0 Å². The normalized spacial score (nSPS) is 20.2. The number of likely N-dealkylation sites (tertiary alicyclic amines) is 1. The van der Waals surface area contributed by atoms with Gasteiger partial charge >= 0.3 is 0 Å². The van der Waals surface area contributed by atoms with Crippen LogP contribution in [-0.2, 0) is 14.4 Å². The Morgan fingerprint density at radius 3 is 2.40 bits per heavy atom. The monoisotopic (exact) mass is 349 g/mol. The number of ketones is 1. The van der Waals surface area contributed by atoms with Gasteiger partial charge < -0.3 is 5.11 Å². The van der Waals surface area contributed by atoms with Gasteiger partial charge in [0.25, 0.3) is 11.8 Å². The number of imide groups is 1. The van der Waals surface area contributed by atoms with E-state index in [0.29, 0.717) is 6.42 Å².